The lowest BCUT2D eigenvalue weighted by Gasteiger charge is -2.12. The van der Waals surface area contributed by atoms with Crippen molar-refractivity contribution in [3.63, 3.8) is 0 Å². The van der Waals surface area contributed by atoms with Crippen LogP contribution in [0.25, 0.3) is 98.8 Å². The number of thiazole rings is 1. The van der Waals surface area contributed by atoms with Crippen LogP contribution >= 0.6 is 11.3 Å². The second-order valence-electron chi connectivity index (χ2n) is 12.3. The van der Waals surface area contributed by atoms with E-state index in [1.807, 2.05) is 66.7 Å². The van der Waals surface area contributed by atoms with Crippen molar-refractivity contribution in [2.24, 2.45) is 0 Å². The molecule has 0 fully saturated rings. The SMILES string of the molecule is c1ccc(-c2nc(-c3cc(-c4ccccc4)c4ccccc4c3)nc(-c3ccc4c(c3)oc3cc5nc(-c6ccccc6)sc5cc34)n2)cc1. The van der Waals surface area contributed by atoms with Crippen molar-refractivity contribution in [1.82, 2.24) is 19.9 Å². The monoisotopic (exact) mass is 658 g/mol. The highest BCUT2D eigenvalue weighted by atomic mass is 32.1. The van der Waals surface area contributed by atoms with Gasteiger partial charge >= 0.3 is 0 Å². The van der Waals surface area contributed by atoms with E-state index in [0.717, 1.165) is 75.9 Å². The van der Waals surface area contributed by atoms with Gasteiger partial charge in [-0.25, -0.2) is 19.9 Å². The molecule has 7 aromatic carbocycles. The molecule has 0 aliphatic carbocycles. The third-order valence-corrected chi connectivity index (χ3v) is 10.2. The molecule has 10 rings (SSSR count). The molecule has 0 saturated carbocycles. The van der Waals surface area contributed by atoms with E-state index < -0.39 is 0 Å². The third-order valence-electron chi connectivity index (χ3n) is 9.13. The van der Waals surface area contributed by atoms with Crippen LogP contribution in [0.2, 0.25) is 0 Å². The lowest BCUT2D eigenvalue weighted by molar-refractivity contribution is 0.669. The average Bonchev–Trinajstić information content (AvgIpc) is 3.77. The van der Waals surface area contributed by atoms with Crippen LogP contribution in [0.4, 0.5) is 0 Å². The van der Waals surface area contributed by atoms with Crippen molar-refractivity contribution in [3.8, 4) is 55.9 Å². The predicted molar refractivity (Wildman–Crippen MR) is 205 cm³/mol. The predicted octanol–water partition coefficient (Wildman–Crippen LogP) is 11.9. The molecule has 5 nitrogen and oxygen atoms in total. The van der Waals surface area contributed by atoms with Gasteiger partial charge in [0.25, 0.3) is 0 Å². The van der Waals surface area contributed by atoms with Gasteiger partial charge < -0.3 is 4.42 Å². The maximum atomic E-state index is 6.47. The highest BCUT2D eigenvalue weighted by molar-refractivity contribution is 7.21. The van der Waals surface area contributed by atoms with Gasteiger partial charge in [0.2, 0.25) is 0 Å². The van der Waals surface area contributed by atoms with Crippen LogP contribution in [-0.4, -0.2) is 19.9 Å². The van der Waals surface area contributed by atoms with Gasteiger partial charge in [-0.3, -0.25) is 0 Å². The minimum absolute atomic E-state index is 0.584. The van der Waals surface area contributed by atoms with E-state index in [9.17, 15) is 0 Å². The van der Waals surface area contributed by atoms with E-state index in [-0.39, 0.29) is 0 Å². The highest BCUT2D eigenvalue weighted by Gasteiger charge is 2.17. The second kappa shape index (κ2) is 11.6. The first-order valence-electron chi connectivity index (χ1n) is 16.5. The molecule has 0 bridgehead atoms. The summed E-state index contributed by atoms with van der Waals surface area (Å²) in [6.45, 7) is 0. The van der Waals surface area contributed by atoms with E-state index in [4.69, 9.17) is 24.4 Å². The molecule has 3 heterocycles. The molecular weight excluding hydrogens is 633 g/mol. The van der Waals surface area contributed by atoms with Crippen molar-refractivity contribution < 1.29 is 4.42 Å². The zero-order valence-electron chi connectivity index (χ0n) is 26.6. The van der Waals surface area contributed by atoms with Gasteiger partial charge in [0, 0.05) is 39.1 Å². The molecule has 0 radical (unpaired) electrons. The van der Waals surface area contributed by atoms with E-state index in [0.29, 0.717) is 17.5 Å². The first-order valence-corrected chi connectivity index (χ1v) is 17.3. The number of benzene rings is 7. The molecule has 0 aliphatic heterocycles. The van der Waals surface area contributed by atoms with Crippen molar-refractivity contribution in [2.45, 2.75) is 0 Å². The van der Waals surface area contributed by atoms with E-state index in [2.05, 4.69) is 91.0 Å². The normalized spacial score (nSPS) is 11.6. The molecule has 0 unspecified atom stereocenters. The Bertz CT molecular complexity index is 2860. The largest absolute Gasteiger partial charge is 0.456 e. The van der Waals surface area contributed by atoms with Gasteiger partial charge in [-0.05, 0) is 52.2 Å². The maximum Gasteiger partial charge on any atom is 0.164 e. The lowest BCUT2D eigenvalue weighted by atomic mass is 9.95. The Kier molecular flexibility index (Phi) is 6.60. The van der Waals surface area contributed by atoms with Crippen molar-refractivity contribution >= 4 is 54.3 Å². The van der Waals surface area contributed by atoms with Gasteiger partial charge in [0.05, 0.1) is 10.2 Å². The summed E-state index contributed by atoms with van der Waals surface area (Å²) in [5, 5.41) is 5.41. The molecule has 50 heavy (non-hydrogen) atoms. The molecule has 0 amide bonds. The lowest BCUT2D eigenvalue weighted by Crippen LogP contribution is -2.00. The fourth-order valence-electron chi connectivity index (χ4n) is 6.69. The Morgan fingerprint density at radius 2 is 1.02 bits per heavy atom. The van der Waals surface area contributed by atoms with Gasteiger partial charge in [-0.15, -0.1) is 11.3 Å². The fourth-order valence-corrected chi connectivity index (χ4v) is 7.68. The number of fused-ring (bicyclic) bond motifs is 5. The van der Waals surface area contributed by atoms with Gasteiger partial charge in [0.15, 0.2) is 17.5 Å². The standard InChI is InChI=1S/C44H26N4OS/c1-4-12-27(13-5-1)35-23-32(22-30-18-10-11-19-33(30)35)43-47-41(28-14-6-2-7-15-28)46-42(48-43)31-20-21-34-36-25-40-37(26-39(36)49-38(34)24-31)45-44(50-40)29-16-8-3-9-17-29/h1-26H. The van der Waals surface area contributed by atoms with Crippen LogP contribution < -0.4 is 0 Å². The Balaban J connectivity index is 1.12. The molecule has 0 N–H and O–H groups in total. The van der Waals surface area contributed by atoms with Gasteiger partial charge in [-0.1, -0.05) is 121 Å². The Morgan fingerprint density at radius 1 is 0.400 bits per heavy atom. The second-order valence-corrected chi connectivity index (χ2v) is 13.3. The number of aromatic nitrogens is 4. The van der Waals surface area contributed by atoms with E-state index in [1.54, 1.807) is 11.3 Å². The summed E-state index contributed by atoms with van der Waals surface area (Å²) < 4.78 is 7.60. The molecule has 6 heteroatoms. The summed E-state index contributed by atoms with van der Waals surface area (Å²) in [7, 11) is 0. The smallest absolute Gasteiger partial charge is 0.164 e. The first-order chi connectivity index (χ1) is 24.7. The van der Waals surface area contributed by atoms with Crippen LogP contribution in [0.3, 0.4) is 0 Å². The summed E-state index contributed by atoms with van der Waals surface area (Å²) in [6, 6.07) is 54.1. The number of rotatable bonds is 5. The number of furan rings is 1. The topological polar surface area (TPSA) is 64.7 Å². The molecular formula is C44H26N4OS. The maximum absolute atomic E-state index is 6.47. The third kappa shape index (κ3) is 4.93. The highest BCUT2D eigenvalue weighted by Crippen LogP contribution is 2.39. The van der Waals surface area contributed by atoms with E-state index in [1.165, 1.54) is 5.39 Å². The van der Waals surface area contributed by atoms with Crippen LogP contribution in [0.1, 0.15) is 0 Å². The van der Waals surface area contributed by atoms with Crippen molar-refractivity contribution in [3.05, 3.63) is 158 Å². The summed E-state index contributed by atoms with van der Waals surface area (Å²) >= 11 is 1.70. The average molecular weight is 659 g/mol. The summed E-state index contributed by atoms with van der Waals surface area (Å²) in [5.41, 5.74) is 8.61. The van der Waals surface area contributed by atoms with Crippen molar-refractivity contribution in [2.75, 3.05) is 0 Å². The molecule has 234 valence electrons. The Labute approximate surface area is 291 Å². The molecule has 0 aliphatic rings. The Morgan fingerprint density at radius 3 is 1.78 bits per heavy atom. The summed E-state index contributed by atoms with van der Waals surface area (Å²) in [4.78, 5) is 20.1. The van der Waals surface area contributed by atoms with Crippen LogP contribution in [0.15, 0.2) is 162 Å². The van der Waals surface area contributed by atoms with E-state index >= 15 is 0 Å². The van der Waals surface area contributed by atoms with Crippen molar-refractivity contribution in [1.29, 1.82) is 0 Å². The van der Waals surface area contributed by atoms with Crippen LogP contribution in [0.5, 0.6) is 0 Å². The van der Waals surface area contributed by atoms with Gasteiger partial charge in [-0.2, -0.15) is 0 Å². The minimum atomic E-state index is 0.584. The van der Waals surface area contributed by atoms with Gasteiger partial charge in [0.1, 0.15) is 16.2 Å². The summed E-state index contributed by atoms with van der Waals surface area (Å²) in [5.74, 6) is 1.81. The first kappa shape index (κ1) is 28.5. The fraction of sp³-hybridized carbons (Fsp3) is 0. The quantitative estimate of drug-likeness (QED) is 0.184. The number of nitrogens with zero attached hydrogens (tertiary/aromatic N) is 4. The van der Waals surface area contributed by atoms with Crippen LogP contribution in [0, 0.1) is 0 Å². The molecule has 10 aromatic rings. The molecule has 3 aromatic heterocycles. The number of hydrogen-bond acceptors (Lipinski definition) is 6. The summed E-state index contributed by atoms with van der Waals surface area (Å²) in [6.07, 6.45) is 0. The molecule has 0 atom stereocenters. The zero-order valence-corrected chi connectivity index (χ0v) is 27.4. The Hall–Kier alpha value is -6.50. The zero-order chi connectivity index (χ0) is 33.0. The molecule has 0 saturated heterocycles. The van der Waals surface area contributed by atoms with Crippen LogP contribution in [-0.2, 0) is 0 Å². The molecule has 0 spiro atoms. The number of hydrogen-bond donors (Lipinski definition) is 0. The minimum Gasteiger partial charge on any atom is -0.456 e.